The van der Waals surface area contributed by atoms with Gasteiger partial charge in [0.2, 0.25) is 0 Å². The second-order valence-corrected chi connectivity index (χ2v) is 6.51. The zero-order chi connectivity index (χ0) is 18.5. The number of benzene rings is 1. The number of halogens is 1. The Balaban J connectivity index is 1.60. The van der Waals surface area contributed by atoms with Crippen molar-refractivity contribution in [1.82, 2.24) is 10.6 Å². The molecule has 0 saturated carbocycles. The summed E-state index contributed by atoms with van der Waals surface area (Å²) < 4.78 is 24.7. The molecule has 0 aromatic heterocycles. The maximum atomic E-state index is 13.6. The monoisotopic (exact) mass is 365 g/mol. The minimum Gasteiger partial charge on any atom is -0.381 e. The van der Waals surface area contributed by atoms with Crippen molar-refractivity contribution >= 4 is 5.96 Å². The zero-order valence-corrected chi connectivity index (χ0v) is 15.8. The lowest BCUT2D eigenvalue weighted by molar-refractivity contribution is 0.0205. The smallest absolute Gasteiger partial charge is 0.191 e. The maximum Gasteiger partial charge on any atom is 0.191 e. The van der Waals surface area contributed by atoms with Crippen LogP contribution in [0.4, 0.5) is 4.39 Å². The van der Waals surface area contributed by atoms with Crippen LogP contribution in [0.3, 0.4) is 0 Å². The summed E-state index contributed by atoms with van der Waals surface area (Å²) in [4.78, 5) is 4.55. The molecule has 1 heterocycles. The van der Waals surface area contributed by atoms with Gasteiger partial charge >= 0.3 is 0 Å². The highest BCUT2D eigenvalue weighted by Gasteiger charge is 2.13. The van der Waals surface area contributed by atoms with Gasteiger partial charge in [-0.15, -0.1) is 0 Å². The van der Waals surface area contributed by atoms with E-state index in [0.717, 1.165) is 63.8 Å². The molecule has 5 nitrogen and oxygen atoms in total. The van der Waals surface area contributed by atoms with Crippen LogP contribution in [0.5, 0.6) is 0 Å². The third kappa shape index (κ3) is 8.15. The molecule has 0 spiro atoms. The van der Waals surface area contributed by atoms with E-state index in [2.05, 4.69) is 15.6 Å². The van der Waals surface area contributed by atoms with Gasteiger partial charge in [0, 0.05) is 46.1 Å². The fourth-order valence-corrected chi connectivity index (χ4v) is 2.88. The Morgan fingerprint density at radius 1 is 1.27 bits per heavy atom. The van der Waals surface area contributed by atoms with E-state index < -0.39 is 0 Å². The number of hydrogen-bond donors (Lipinski definition) is 2. The predicted octanol–water partition coefficient (Wildman–Crippen LogP) is 2.76. The van der Waals surface area contributed by atoms with E-state index in [1.54, 1.807) is 6.07 Å². The maximum absolute atomic E-state index is 13.6. The molecule has 0 atom stereocenters. The molecule has 1 aliphatic rings. The van der Waals surface area contributed by atoms with Gasteiger partial charge in [-0.05, 0) is 50.2 Å². The fraction of sp³-hybridized carbons (Fsp3) is 0.650. The first kappa shape index (κ1) is 20.6. The molecule has 6 heteroatoms. The van der Waals surface area contributed by atoms with Crippen LogP contribution in [0.2, 0.25) is 0 Å². The minimum atomic E-state index is -0.155. The average Bonchev–Trinajstić information content (AvgIpc) is 2.67. The van der Waals surface area contributed by atoms with E-state index >= 15 is 0 Å². The number of guanidine groups is 1. The number of rotatable bonds is 10. The van der Waals surface area contributed by atoms with E-state index in [4.69, 9.17) is 9.47 Å². The summed E-state index contributed by atoms with van der Waals surface area (Å²) in [6.07, 6.45) is 3.74. The highest BCUT2D eigenvalue weighted by molar-refractivity contribution is 5.79. The predicted molar refractivity (Wildman–Crippen MR) is 103 cm³/mol. The third-order valence-electron chi connectivity index (χ3n) is 4.40. The van der Waals surface area contributed by atoms with Gasteiger partial charge < -0.3 is 20.1 Å². The average molecular weight is 365 g/mol. The standard InChI is InChI=1S/C20H32FN3O2/c1-2-22-20(24-12-8-18-6-3-4-7-19(18)21)23-11-5-13-26-16-17-9-14-25-15-10-17/h3-4,6-7,17H,2,5,8-16H2,1H3,(H2,22,23,24). The van der Waals surface area contributed by atoms with Crippen LogP contribution >= 0.6 is 0 Å². The summed E-state index contributed by atoms with van der Waals surface area (Å²) in [5.41, 5.74) is 0.720. The van der Waals surface area contributed by atoms with Gasteiger partial charge in [-0.2, -0.15) is 0 Å². The lowest BCUT2D eigenvalue weighted by Gasteiger charge is -2.21. The highest BCUT2D eigenvalue weighted by Crippen LogP contribution is 2.14. The van der Waals surface area contributed by atoms with Crippen molar-refractivity contribution in [2.24, 2.45) is 10.9 Å². The summed E-state index contributed by atoms with van der Waals surface area (Å²) >= 11 is 0. The van der Waals surface area contributed by atoms with Gasteiger partial charge in [0.1, 0.15) is 5.82 Å². The SMILES string of the molecule is CCNC(=NCCCOCC1CCOCC1)NCCc1ccccc1F. The molecule has 0 unspecified atom stereocenters. The first-order chi connectivity index (χ1) is 12.8. The lowest BCUT2D eigenvalue weighted by Crippen LogP contribution is -2.38. The summed E-state index contributed by atoms with van der Waals surface area (Å²) in [6.45, 7) is 7.47. The molecule has 0 radical (unpaired) electrons. The molecular formula is C20H32FN3O2. The van der Waals surface area contributed by atoms with Crippen LogP contribution in [0, 0.1) is 11.7 Å². The van der Waals surface area contributed by atoms with E-state index in [-0.39, 0.29) is 5.82 Å². The molecule has 0 bridgehead atoms. The Kier molecular flexibility index (Phi) is 10.1. The van der Waals surface area contributed by atoms with Crippen molar-refractivity contribution in [2.75, 3.05) is 46.1 Å². The zero-order valence-electron chi connectivity index (χ0n) is 15.8. The molecule has 1 saturated heterocycles. The van der Waals surface area contributed by atoms with Gasteiger partial charge in [-0.3, -0.25) is 4.99 Å². The Morgan fingerprint density at radius 2 is 2.08 bits per heavy atom. The molecule has 1 fully saturated rings. The molecule has 1 aromatic carbocycles. The topological polar surface area (TPSA) is 54.9 Å². The van der Waals surface area contributed by atoms with Crippen LogP contribution in [0.25, 0.3) is 0 Å². The highest BCUT2D eigenvalue weighted by atomic mass is 19.1. The normalized spacial score (nSPS) is 15.8. The quantitative estimate of drug-likeness (QED) is 0.380. The molecule has 0 amide bonds. The molecule has 1 aliphatic heterocycles. The first-order valence-electron chi connectivity index (χ1n) is 9.70. The Morgan fingerprint density at radius 3 is 2.85 bits per heavy atom. The Hall–Kier alpha value is -1.66. The Labute approximate surface area is 156 Å². The summed E-state index contributed by atoms with van der Waals surface area (Å²) in [7, 11) is 0. The van der Waals surface area contributed by atoms with Crippen molar-refractivity contribution < 1.29 is 13.9 Å². The van der Waals surface area contributed by atoms with Gasteiger partial charge in [0.15, 0.2) is 5.96 Å². The van der Waals surface area contributed by atoms with Crippen LogP contribution in [0.1, 0.15) is 31.7 Å². The number of nitrogens with zero attached hydrogens (tertiary/aromatic N) is 1. The van der Waals surface area contributed by atoms with Crippen LogP contribution in [0.15, 0.2) is 29.3 Å². The van der Waals surface area contributed by atoms with Crippen molar-refractivity contribution in [2.45, 2.75) is 32.6 Å². The number of aliphatic imine (C=N–C) groups is 1. The fourth-order valence-electron chi connectivity index (χ4n) is 2.88. The summed E-state index contributed by atoms with van der Waals surface area (Å²) in [5, 5.41) is 6.47. The molecule has 0 aliphatic carbocycles. The van der Waals surface area contributed by atoms with Crippen LogP contribution in [-0.2, 0) is 15.9 Å². The molecule has 26 heavy (non-hydrogen) atoms. The van der Waals surface area contributed by atoms with Gasteiger partial charge in [0.05, 0.1) is 0 Å². The lowest BCUT2D eigenvalue weighted by atomic mass is 10.0. The van der Waals surface area contributed by atoms with Crippen molar-refractivity contribution in [3.05, 3.63) is 35.6 Å². The number of nitrogens with one attached hydrogen (secondary N) is 2. The molecule has 2 N–H and O–H groups in total. The van der Waals surface area contributed by atoms with Gasteiger partial charge in [-0.1, -0.05) is 18.2 Å². The van der Waals surface area contributed by atoms with Crippen molar-refractivity contribution in [3.63, 3.8) is 0 Å². The second-order valence-electron chi connectivity index (χ2n) is 6.51. The van der Waals surface area contributed by atoms with E-state index in [1.807, 2.05) is 19.1 Å². The summed E-state index contributed by atoms with van der Waals surface area (Å²) in [5.74, 6) is 1.26. The molecule has 1 aromatic rings. The van der Waals surface area contributed by atoms with Crippen molar-refractivity contribution in [1.29, 1.82) is 0 Å². The first-order valence-corrected chi connectivity index (χ1v) is 9.70. The summed E-state index contributed by atoms with van der Waals surface area (Å²) in [6, 6.07) is 6.88. The number of hydrogen-bond acceptors (Lipinski definition) is 3. The van der Waals surface area contributed by atoms with Crippen LogP contribution < -0.4 is 10.6 Å². The van der Waals surface area contributed by atoms with Gasteiger partial charge in [0.25, 0.3) is 0 Å². The minimum absolute atomic E-state index is 0.155. The third-order valence-corrected chi connectivity index (χ3v) is 4.40. The van der Waals surface area contributed by atoms with Crippen molar-refractivity contribution in [3.8, 4) is 0 Å². The van der Waals surface area contributed by atoms with Gasteiger partial charge in [-0.25, -0.2) is 4.39 Å². The largest absolute Gasteiger partial charge is 0.381 e. The van der Waals surface area contributed by atoms with E-state index in [1.165, 1.54) is 6.07 Å². The Bertz CT molecular complexity index is 534. The number of ether oxygens (including phenoxy) is 2. The van der Waals surface area contributed by atoms with Crippen LogP contribution in [-0.4, -0.2) is 52.0 Å². The molecular weight excluding hydrogens is 333 g/mol. The molecule has 146 valence electrons. The second kappa shape index (κ2) is 12.7. The van der Waals surface area contributed by atoms with E-state index in [9.17, 15) is 4.39 Å². The van der Waals surface area contributed by atoms with E-state index in [0.29, 0.717) is 25.4 Å². The molecule has 2 rings (SSSR count).